The lowest BCUT2D eigenvalue weighted by Gasteiger charge is -2.23. The van der Waals surface area contributed by atoms with Crippen LogP contribution in [0, 0.1) is 0 Å². The summed E-state index contributed by atoms with van der Waals surface area (Å²) in [4.78, 5) is 11.7. The van der Waals surface area contributed by atoms with Crippen molar-refractivity contribution in [3.8, 4) is 11.5 Å². The molecule has 1 unspecified atom stereocenters. The predicted molar refractivity (Wildman–Crippen MR) is 112 cm³/mol. The van der Waals surface area contributed by atoms with Gasteiger partial charge in [0.25, 0.3) is 0 Å². The van der Waals surface area contributed by atoms with Gasteiger partial charge in [-0.2, -0.15) is 8.78 Å². The number of aliphatic carboxylic acids is 1. The summed E-state index contributed by atoms with van der Waals surface area (Å²) in [5.41, 5.74) is 0.537. The highest BCUT2D eigenvalue weighted by Gasteiger charge is 2.51. The van der Waals surface area contributed by atoms with Gasteiger partial charge in [-0.3, -0.25) is 0 Å². The minimum absolute atomic E-state index is 0.0990. The number of hydrogen-bond acceptors (Lipinski definition) is 5. The van der Waals surface area contributed by atoms with Crippen LogP contribution in [0.25, 0.3) is 5.57 Å². The molecule has 2 aromatic rings. The largest absolute Gasteiger partial charge is 0.525 e. The molecule has 0 bridgehead atoms. The van der Waals surface area contributed by atoms with Crippen LogP contribution in [0.15, 0.2) is 42.2 Å². The van der Waals surface area contributed by atoms with Gasteiger partial charge in [0.1, 0.15) is 23.7 Å². The molecule has 0 spiro atoms. The summed E-state index contributed by atoms with van der Waals surface area (Å²) in [6.07, 6.45) is -15.0. The van der Waals surface area contributed by atoms with Gasteiger partial charge in [0.15, 0.2) is 5.75 Å². The Hall–Kier alpha value is -2.83. The molecular weight excluding hydrogens is 533 g/mol. The van der Waals surface area contributed by atoms with Crippen LogP contribution in [-0.4, -0.2) is 37.0 Å². The molecule has 192 valence electrons. The van der Waals surface area contributed by atoms with E-state index in [-0.39, 0.29) is 29.3 Å². The molecule has 0 heterocycles. The van der Waals surface area contributed by atoms with Gasteiger partial charge in [-0.25, -0.2) is 13.9 Å². The molecule has 14 heteroatoms. The summed E-state index contributed by atoms with van der Waals surface area (Å²) in [5.74, 6) is -2.26. The first-order chi connectivity index (χ1) is 16.2. The Bertz CT molecular complexity index is 1080. The summed E-state index contributed by atoms with van der Waals surface area (Å²) in [5, 5.41) is 8.27. The van der Waals surface area contributed by atoms with E-state index in [1.54, 1.807) is 18.2 Å². The van der Waals surface area contributed by atoms with Crippen molar-refractivity contribution in [2.24, 2.45) is 0 Å². The SMILES string of the molecule is COC(C)=C(C(=O)O)c1ccccc1COc1cc(Cl)c(OC(F)(F)C(F)OC(F)(F)F)c(Cl)c1. The third kappa shape index (κ3) is 7.58. The minimum atomic E-state index is -5.69. The van der Waals surface area contributed by atoms with Crippen molar-refractivity contribution in [3.05, 3.63) is 63.3 Å². The summed E-state index contributed by atoms with van der Waals surface area (Å²) in [6.45, 7) is 1.22. The highest BCUT2D eigenvalue weighted by atomic mass is 35.5. The van der Waals surface area contributed by atoms with E-state index in [0.29, 0.717) is 5.56 Å². The smallest absolute Gasteiger partial charge is 0.500 e. The number of carboxylic acid groups (broad SMARTS) is 1. The Morgan fingerprint density at radius 3 is 2.17 bits per heavy atom. The van der Waals surface area contributed by atoms with Gasteiger partial charge in [0.2, 0.25) is 0 Å². The molecule has 2 rings (SSSR count). The standard InChI is InChI=1S/C21H16Cl2F6O6/c1-10(32-2)16(18(30)31)13-6-4-3-5-11(13)9-33-12-7-14(22)17(15(23)8-12)34-20(25,26)19(24)35-21(27,28)29/h3-8,19H,9H2,1-2H3,(H,30,31). The summed E-state index contributed by atoms with van der Waals surface area (Å²) in [7, 11) is 1.30. The maximum absolute atomic E-state index is 13.7. The molecule has 1 atom stereocenters. The number of benzene rings is 2. The van der Waals surface area contributed by atoms with E-state index >= 15 is 0 Å². The molecular formula is C21H16Cl2F6O6. The van der Waals surface area contributed by atoms with Crippen LogP contribution in [-0.2, 0) is 20.9 Å². The van der Waals surface area contributed by atoms with Crippen molar-refractivity contribution in [2.75, 3.05) is 7.11 Å². The molecule has 0 aliphatic carbocycles. The molecule has 0 aromatic heterocycles. The molecule has 0 fully saturated rings. The summed E-state index contributed by atoms with van der Waals surface area (Å²) < 4.78 is 93.9. The van der Waals surface area contributed by atoms with Crippen molar-refractivity contribution in [1.29, 1.82) is 0 Å². The zero-order valence-corrected chi connectivity index (χ0v) is 19.3. The molecule has 35 heavy (non-hydrogen) atoms. The lowest BCUT2D eigenvalue weighted by molar-refractivity contribution is -0.411. The first-order valence-electron chi connectivity index (χ1n) is 9.30. The third-order valence-electron chi connectivity index (χ3n) is 4.26. The van der Waals surface area contributed by atoms with E-state index in [4.69, 9.17) is 32.7 Å². The van der Waals surface area contributed by atoms with Crippen molar-refractivity contribution in [2.45, 2.75) is 32.4 Å². The molecule has 0 aliphatic rings. The Kier molecular flexibility index (Phi) is 9.15. The highest BCUT2D eigenvalue weighted by Crippen LogP contribution is 2.41. The predicted octanol–water partition coefficient (Wildman–Crippen LogP) is 6.84. The Balaban J connectivity index is 2.26. The Morgan fingerprint density at radius 2 is 1.66 bits per heavy atom. The first kappa shape index (κ1) is 28.4. The van der Waals surface area contributed by atoms with E-state index < -0.39 is 40.6 Å². The van der Waals surface area contributed by atoms with Crippen LogP contribution in [0.2, 0.25) is 10.0 Å². The van der Waals surface area contributed by atoms with Crippen molar-refractivity contribution < 1.29 is 55.2 Å². The average molecular weight is 549 g/mol. The number of hydrogen-bond donors (Lipinski definition) is 1. The van der Waals surface area contributed by atoms with Gasteiger partial charge >= 0.3 is 24.8 Å². The van der Waals surface area contributed by atoms with Crippen LogP contribution in [0.5, 0.6) is 11.5 Å². The average Bonchev–Trinajstić information content (AvgIpc) is 2.74. The van der Waals surface area contributed by atoms with E-state index in [0.717, 1.165) is 12.1 Å². The summed E-state index contributed by atoms with van der Waals surface area (Å²) in [6, 6.07) is 8.15. The molecule has 0 amide bonds. The molecule has 0 radical (unpaired) electrons. The zero-order valence-electron chi connectivity index (χ0n) is 17.8. The lowest BCUT2D eigenvalue weighted by Crippen LogP contribution is -2.41. The van der Waals surface area contributed by atoms with Crippen LogP contribution in [0.3, 0.4) is 0 Å². The quantitative estimate of drug-likeness (QED) is 0.199. The number of alkyl halides is 6. The molecule has 0 aliphatic heterocycles. The number of rotatable bonds is 10. The third-order valence-corrected chi connectivity index (χ3v) is 4.83. The normalized spacial score (nSPS) is 13.7. The van der Waals surface area contributed by atoms with E-state index in [1.165, 1.54) is 20.1 Å². The fourth-order valence-corrected chi connectivity index (χ4v) is 3.24. The summed E-state index contributed by atoms with van der Waals surface area (Å²) >= 11 is 11.7. The monoisotopic (exact) mass is 548 g/mol. The van der Waals surface area contributed by atoms with Gasteiger partial charge in [0, 0.05) is 12.1 Å². The molecule has 0 saturated carbocycles. The van der Waals surface area contributed by atoms with Crippen molar-refractivity contribution in [1.82, 2.24) is 0 Å². The molecule has 6 nitrogen and oxygen atoms in total. The van der Waals surface area contributed by atoms with Crippen LogP contribution in [0.4, 0.5) is 26.3 Å². The Morgan fingerprint density at radius 1 is 1.09 bits per heavy atom. The van der Waals surface area contributed by atoms with Crippen LogP contribution in [0.1, 0.15) is 18.1 Å². The van der Waals surface area contributed by atoms with E-state index in [1.807, 2.05) is 0 Å². The number of methoxy groups -OCH3 is 1. The fourth-order valence-electron chi connectivity index (χ4n) is 2.69. The number of allylic oxidation sites excluding steroid dienone is 1. The van der Waals surface area contributed by atoms with Crippen molar-refractivity contribution >= 4 is 34.7 Å². The fraction of sp³-hybridized carbons (Fsp3) is 0.286. The molecule has 0 saturated heterocycles. The van der Waals surface area contributed by atoms with E-state index in [2.05, 4.69) is 9.47 Å². The zero-order chi connectivity index (χ0) is 26.6. The lowest BCUT2D eigenvalue weighted by atomic mass is 9.99. The number of halogens is 8. The van der Waals surface area contributed by atoms with E-state index in [9.17, 15) is 36.2 Å². The maximum atomic E-state index is 13.7. The second-order valence-electron chi connectivity index (χ2n) is 6.65. The van der Waals surface area contributed by atoms with Gasteiger partial charge in [-0.15, -0.1) is 13.2 Å². The van der Waals surface area contributed by atoms with Gasteiger partial charge in [-0.1, -0.05) is 47.5 Å². The number of carboxylic acids is 1. The second kappa shape index (κ2) is 11.3. The topological polar surface area (TPSA) is 74.2 Å². The molecule has 2 aromatic carbocycles. The minimum Gasteiger partial charge on any atom is -0.500 e. The van der Waals surface area contributed by atoms with Crippen LogP contribution >= 0.6 is 23.2 Å². The highest BCUT2D eigenvalue weighted by molar-refractivity contribution is 6.37. The van der Waals surface area contributed by atoms with Gasteiger partial charge in [0.05, 0.1) is 17.2 Å². The number of ether oxygens (including phenoxy) is 4. The van der Waals surface area contributed by atoms with Gasteiger partial charge in [-0.05, 0) is 18.1 Å². The van der Waals surface area contributed by atoms with Crippen molar-refractivity contribution in [3.63, 3.8) is 0 Å². The van der Waals surface area contributed by atoms with Crippen LogP contribution < -0.4 is 9.47 Å². The second-order valence-corrected chi connectivity index (χ2v) is 7.46. The number of carbonyl (C=O) groups is 1. The Labute approximate surface area is 204 Å². The maximum Gasteiger partial charge on any atom is 0.525 e. The first-order valence-corrected chi connectivity index (χ1v) is 10.1. The molecule has 1 N–H and O–H groups in total. The van der Waals surface area contributed by atoms with Gasteiger partial charge < -0.3 is 19.3 Å².